The average molecular weight is 288 g/mol. The van der Waals surface area contributed by atoms with E-state index in [-0.39, 0.29) is 11.7 Å². The predicted molar refractivity (Wildman–Crippen MR) is 79.4 cm³/mol. The van der Waals surface area contributed by atoms with Crippen LogP contribution in [0.2, 0.25) is 0 Å². The Balaban J connectivity index is 2.10. The van der Waals surface area contributed by atoms with E-state index in [2.05, 4.69) is 12.2 Å². The van der Waals surface area contributed by atoms with E-state index < -0.39 is 10.7 Å². The first kappa shape index (κ1) is 15.1. The van der Waals surface area contributed by atoms with Crippen LogP contribution in [0.15, 0.2) is 48.5 Å². The number of non-ortho nitro benzene ring substituents is 1. The Morgan fingerprint density at radius 2 is 1.95 bits per heavy atom. The van der Waals surface area contributed by atoms with E-state index in [1.165, 1.54) is 12.1 Å². The number of rotatable bonds is 6. The molecule has 2 aromatic carbocycles. The van der Waals surface area contributed by atoms with Gasteiger partial charge in [0.25, 0.3) is 5.69 Å². The minimum absolute atomic E-state index is 0.133. The highest BCUT2D eigenvalue weighted by molar-refractivity contribution is 5.35. The van der Waals surface area contributed by atoms with E-state index in [0.29, 0.717) is 12.1 Å². The second-order valence-electron chi connectivity index (χ2n) is 4.83. The molecule has 1 N–H and O–H groups in total. The molecule has 0 saturated carbocycles. The highest BCUT2D eigenvalue weighted by Crippen LogP contribution is 2.19. The topological polar surface area (TPSA) is 55.2 Å². The second-order valence-corrected chi connectivity index (χ2v) is 4.83. The highest BCUT2D eigenvalue weighted by Gasteiger charge is 2.12. The normalized spacial score (nSPS) is 12.1. The molecule has 0 amide bonds. The van der Waals surface area contributed by atoms with Gasteiger partial charge in [0, 0.05) is 18.7 Å². The Bertz CT molecular complexity index is 617. The minimum Gasteiger partial charge on any atom is -0.306 e. The van der Waals surface area contributed by atoms with Gasteiger partial charge in [0.15, 0.2) is 0 Å². The van der Waals surface area contributed by atoms with E-state index in [9.17, 15) is 14.5 Å². The number of hydrogen-bond donors (Lipinski definition) is 1. The molecule has 0 radical (unpaired) electrons. The van der Waals surface area contributed by atoms with Crippen molar-refractivity contribution in [3.8, 4) is 0 Å². The van der Waals surface area contributed by atoms with Crippen molar-refractivity contribution in [2.45, 2.75) is 25.9 Å². The summed E-state index contributed by atoms with van der Waals surface area (Å²) in [6.45, 7) is 2.44. The number of halogens is 1. The van der Waals surface area contributed by atoms with Gasteiger partial charge in [0.1, 0.15) is 5.82 Å². The van der Waals surface area contributed by atoms with Crippen molar-refractivity contribution < 1.29 is 9.31 Å². The molecule has 0 fully saturated rings. The summed E-state index contributed by atoms with van der Waals surface area (Å²) in [6, 6.07) is 13.7. The summed E-state index contributed by atoms with van der Waals surface area (Å²) in [6.07, 6.45) is 0.876. The maximum absolute atomic E-state index is 13.4. The number of nitro groups is 1. The van der Waals surface area contributed by atoms with Crippen LogP contribution >= 0.6 is 0 Å². The fraction of sp³-hybridized carbons (Fsp3) is 0.250. The summed E-state index contributed by atoms with van der Waals surface area (Å²) in [5.41, 5.74) is 1.49. The lowest BCUT2D eigenvalue weighted by Gasteiger charge is -2.17. The van der Waals surface area contributed by atoms with Crippen LogP contribution in [0.1, 0.15) is 30.5 Å². The molecule has 2 rings (SSSR count). The molecule has 0 aliphatic rings. The van der Waals surface area contributed by atoms with Gasteiger partial charge in [-0.2, -0.15) is 0 Å². The zero-order valence-electron chi connectivity index (χ0n) is 11.8. The number of hydrogen-bond acceptors (Lipinski definition) is 3. The Labute approximate surface area is 122 Å². The van der Waals surface area contributed by atoms with E-state index in [1.807, 2.05) is 30.3 Å². The molecule has 0 spiro atoms. The Morgan fingerprint density at radius 1 is 1.24 bits per heavy atom. The molecule has 5 heteroatoms. The SMILES string of the molecule is CCC(NCc1cc(F)cc([N+](=O)[O-])c1)c1ccccc1. The van der Waals surface area contributed by atoms with Crippen LogP contribution in [0.25, 0.3) is 0 Å². The summed E-state index contributed by atoms with van der Waals surface area (Å²) < 4.78 is 13.4. The van der Waals surface area contributed by atoms with Crippen LogP contribution in [-0.4, -0.2) is 4.92 Å². The highest BCUT2D eigenvalue weighted by atomic mass is 19.1. The van der Waals surface area contributed by atoms with Crippen molar-refractivity contribution >= 4 is 5.69 Å². The van der Waals surface area contributed by atoms with E-state index >= 15 is 0 Å². The summed E-state index contributed by atoms with van der Waals surface area (Å²) in [5.74, 6) is -0.589. The van der Waals surface area contributed by atoms with Gasteiger partial charge in [-0.1, -0.05) is 37.3 Å². The van der Waals surface area contributed by atoms with Crippen molar-refractivity contribution in [2.75, 3.05) is 0 Å². The maximum atomic E-state index is 13.4. The molecular weight excluding hydrogens is 271 g/mol. The van der Waals surface area contributed by atoms with Crippen molar-refractivity contribution in [1.29, 1.82) is 0 Å². The monoisotopic (exact) mass is 288 g/mol. The number of nitro benzene ring substituents is 1. The Kier molecular flexibility index (Phi) is 5.00. The lowest BCUT2D eigenvalue weighted by molar-refractivity contribution is -0.385. The minimum atomic E-state index is -0.589. The quantitative estimate of drug-likeness (QED) is 0.646. The molecule has 4 nitrogen and oxygen atoms in total. The first-order chi connectivity index (χ1) is 10.1. The number of nitrogens with zero attached hydrogens (tertiary/aromatic N) is 1. The lowest BCUT2D eigenvalue weighted by Crippen LogP contribution is -2.20. The largest absolute Gasteiger partial charge is 0.306 e. The van der Waals surface area contributed by atoms with Gasteiger partial charge >= 0.3 is 0 Å². The Morgan fingerprint density at radius 3 is 2.57 bits per heavy atom. The zero-order valence-corrected chi connectivity index (χ0v) is 11.8. The van der Waals surface area contributed by atoms with E-state index in [0.717, 1.165) is 18.1 Å². The third kappa shape index (κ3) is 4.10. The van der Waals surface area contributed by atoms with Crippen molar-refractivity contribution in [1.82, 2.24) is 5.32 Å². The molecule has 0 saturated heterocycles. The van der Waals surface area contributed by atoms with Gasteiger partial charge in [-0.05, 0) is 23.6 Å². The molecule has 0 bridgehead atoms. The molecule has 1 unspecified atom stereocenters. The fourth-order valence-electron chi connectivity index (χ4n) is 2.27. The molecule has 0 aliphatic heterocycles. The van der Waals surface area contributed by atoms with Gasteiger partial charge in [-0.25, -0.2) is 4.39 Å². The molecule has 2 aromatic rings. The molecular formula is C16H17FN2O2. The molecule has 0 aliphatic carbocycles. The third-order valence-corrected chi connectivity index (χ3v) is 3.32. The summed E-state index contributed by atoms with van der Waals surface area (Å²) in [4.78, 5) is 10.2. The molecule has 0 heterocycles. The van der Waals surface area contributed by atoms with Gasteiger partial charge in [-0.3, -0.25) is 10.1 Å². The molecule has 21 heavy (non-hydrogen) atoms. The molecule has 0 aromatic heterocycles. The third-order valence-electron chi connectivity index (χ3n) is 3.32. The summed E-state index contributed by atoms with van der Waals surface area (Å²) in [5, 5.41) is 14.0. The van der Waals surface area contributed by atoms with E-state index in [1.54, 1.807) is 0 Å². The fourth-order valence-corrected chi connectivity index (χ4v) is 2.27. The first-order valence-corrected chi connectivity index (χ1v) is 6.82. The van der Waals surface area contributed by atoms with Crippen LogP contribution in [0.4, 0.5) is 10.1 Å². The summed E-state index contributed by atoms with van der Waals surface area (Å²) in [7, 11) is 0. The molecule has 110 valence electrons. The van der Waals surface area contributed by atoms with Crippen LogP contribution < -0.4 is 5.32 Å². The maximum Gasteiger partial charge on any atom is 0.272 e. The van der Waals surface area contributed by atoms with Crippen molar-refractivity contribution in [3.05, 3.63) is 75.6 Å². The van der Waals surface area contributed by atoms with Crippen LogP contribution in [0, 0.1) is 15.9 Å². The summed E-state index contributed by atoms with van der Waals surface area (Å²) >= 11 is 0. The Hall–Kier alpha value is -2.27. The smallest absolute Gasteiger partial charge is 0.272 e. The van der Waals surface area contributed by atoms with Gasteiger partial charge in [0.2, 0.25) is 0 Å². The van der Waals surface area contributed by atoms with Gasteiger partial charge in [0.05, 0.1) is 11.0 Å². The second kappa shape index (κ2) is 6.95. The average Bonchev–Trinajstić information content (AvgIpc) is 2.48. The predicted octanol–water partition coefficient (Wildman–Crippen LogP) is 3.97. The molecule has 1 atom stereocenters. The lowest BCUT2D eigenvalue weighted by atomic mass is 10.0. The van der Waals surface area contributed by atoms with E-state index in [4.69, 9.17) is 0 Å². The standard InChI is InChI=1S/C16H17FN2O2/c1-2-16(13-6-4-3-5-7-13)18-11-12-8-14(17)10-15(9-12)19(20)21/h3-10,16,18H,2,11H2,1H3. The van der Waals surface area contributed by atoms with Gasteiger partial charge < -0.3 is 5.32 Å². The number of nitrogens with one attached hydrogen (secondary N) is 1. The number of benzene rings is 2. The zero-order chi connectivity index (χ0) is 15.2. The van der Waals surface area contributed by atoms with Crippen molar-refractivity contribution in [3.63, 3.8) is 0 Å². The van der Waals surface area contributed by atoms with Crippen LogP contribution in [-0.2, 0) is 6.54 Å². The van der Waals surface area contributed by atoms with Gasteiger partial charge in [-0.15, -0.1) is 0 Å². The first-order valence-electron chi connectivity index (χ1n) is 6.82. The van der Waals surface area contributed by atoms with Crippen LogP contribution in [0.5, 0.6) is 0 Å². The van der Waals surface area contributed by atoms with Crippen molar-refractivity contribution in [2.24, 2.45) is 0 Å². The van der Waals surface area contributed by atoms with Crippen LogP contribution in [0.3, 0.4) is 0 Å².